The zero-order valence-electron chi connectivity index (χ0n) is 12.1. The Hall–Kier alpha value is -0.430. The summed E-state index contributed by atoms with van der Waals surface area (Å²) in [6.45, 7) is 4.16. The van der Waals surface area contributed by atoms with Crippen molar-refractivity contribution in [3.63, 3.8) is 0 Å². The van der Waals surface area contributed by atoms with Crippen LogP contribution in [-0.4, -0.2) is 30.4 Å². The minimum atomic E-state index is -3.42. The molecule has 0 amide bonds. The SMILES string of the molecule is CCN(C1CCCCC1)S(=O)(=O)c1cc(C)c(CO)s1. The molecular weight excluding hydrogens is 294 g/mol. The Morgan fingerprint density at radius 1 is 1.35 bits per heavy atom. The molecule has 1 aromatic rings. The Morgan fingerprint density at radius 3 is 2.50 bits per heavy atom. The highest BCUT2D eigenvalue weighted by Crippen LogP contribution is 2.32. The van der Waals surface area contributed by atoms with Crippen LogP contribution in [0.2, 0.25) is 0 Å². The highest BCUT2D eigenvalue weighted by atomic mass is 32.2. The van der Waals surface area contributed by atoms with E-state index >= 15 is 0 Å². The third kappa shape index (κ3) is 3.08. The van der Waals surface area contributed by atoms with Gasteiger partial charge in [0.15, 0.2) is 0 Å². The molecule has 6 heteroatoms. The maximum Gasteiger partial charge on any atom is 0.252 e. The van der Waals surface area contributed by atoms with E-state index < -0.39 is 10.0 Å². The smallest absolute Gasteiger partial charge is 0.252 e. The van der Waals surface area contributed by atoms with Gasteiger partial charge in [-0.2, -0.15) is 4.31 Å². The topological polar surface area (TPSA) is 57.6 Å². The lowest BCUT2D eigenvalue weighted by molar-refractivity contribution is 0.261. The third-order valence-corrected chi connectivity index (χ3v) is 7.70. The molecule has 114 valence electrons. The van der Waals surface area contributed by atoms with Gasteiger partial charge in [-0.1, -0.05) is 26.2 Å². The first kappa shape index (κ1) is 15.9. The lowest BCUT2D eigenvalue weighted by Gasteiger charge is -2.32. The second-order valence-electron chi connectivity index (χ2n) is 5.33. The number of hydrogen-bond donors (Lipinski definition) is 1. The minimum Gasteiger partial charge on any atom is -0.391 e. The first-order chi connectivity index (χ1) is 9.50. The van der Waals surface area contributed by atoms with Gasteiger partial charge in [-0.25, -0.2) is 8.42 Å². The molecule has 0 aliphatic heterocycles. The number of thiophene rings is 1. The van der Waals surface area contributed by atoms with E-state index in [4.69, 9.17) is 0 Å². The number of aliphatic hydroxyl groups excluding tert-OH is 1. The highest BCUT2D eigenvalue weighted by molar-refractivity contribution is 7.91. The average Bonchev–Trinajstić information content (AvgIpc) is 2.82. The molecule has 1 fully saturated rings. The fourth-order valence-corrected chi connectivity index (χ4v) is 6.16. The summed E-state index contributed by atoms with van der Waals surface area (Å²) < 4.78 is 27.6. The van der Waals surface area contributed by atoms with Crippen LogP contribution in [0.5, 0.6) is 0 Å². The quantitative estimate of drug-likeness (QED) is 0.908. The molecule has 1 N–H and O–H groups in total. The van der Waals surface area contributed by atoms with E-state index in [-0.39, 0.29) is 12.6 Å². The Kier molecular flexibility index (Phi) is 5.23. The van der Waals surface area contributed by atoms with Crippen molar-refractivity contribution in [2.24, 2.45) is 0 Å². The van der Waals surface area contributed by atoms with Crippen molar-refractivity contribution in [3.05, 3.63) is 16.5 Å². The molecule has 20 heavy (non-hydrogen) atoms. The van der Waals surface area contributed by atoms with Crippen LogP contribution in [0.1, 0.15) is 49.5 Å². The van der Waals surface area contributed by atoms with Crippen LogP contribution in [0.25, 0.3) is 0 Å². The van der Waals surface area contributed by atoms with Crippen molar-refractivity contribution < 1.29 is 13.5 Å². The van der Waals surface area contributed by atoms with Gasteiger partial charge in [0.2, 0.25) is 0 Å². The van der Waals surface area contributed by atoms with Crippen LogP contribution in [-0.2, 0) is 16.6 Å². The van der Waals surface area contributed by atoms with E-state index in [0.29, 0.717) is 10.8 Å². The molecule has 0 radical (unpaired) electrons. The molecular formula is C14H23NO3S2. The molecule has 0 spiro atoms. The van der Waals surface area contributed by atoms with Gasteiger partial charge in [0, 0.05) is 17.5 Å². The Balaban J connectivity index is 2.30. The number of aryl methyl sites for hydroxylation is 1. The van der Waals surface area contributed by atoms with Crippen molar-refractivity contribution in [1.29, 1.82) is 0 Å². The van der Waals surface area contributed by atoms with Crippen molar-refractivity contribution >= 4 is 21.4 Å². The van der Waals surface area contributed by atoms with E-state index in [9.17, 15) is 13.5 Å². The molecule has 1 aliphatic rings. The molecule has 1 aliphatic carbocycles. The number of aliphatic hydroxyl groups is 1. The summed E-state index contributed by atoms with van der Waals surface area (Å²) in [5.41, 5.74) is 0.857. The second kappa shape index (κ2) is 6.56. The lowest BCUT2D eigenvalue weighted by atomic mass is 9.95. The summed E-state index contributed by atoms with van der Waals surface area (Å²) in [7, 11) is -3.42. The highest BCUT2D eigenvalue weighted by Gasteiger charge is 2.32. The van der Waals surface area contributed by atoms with Crippen molar-refractivity contribution in [1.82, 2.24) is 4.31 Å². The second-order valence-corrected chi connectivity index (χ2v) is 8.58. The Bertz CT molecular complexity index is 545. The molecule has 0 bridgehead atoms. The fourth-order valence-electron chi connectivity index (χ4n) is 2.88. The maximum atomic E-state index is 12.8. The molecule has 1 saturated carbocycles. The predicted octanol–water partition coefficient (Wildman–Crippen LogP) is 2.89. The van der Waals surface area contributed by atoms with Gasteiger partial charge in [0.1, 0.15) is 4.21 Å². The number of sulfonamides is 1. The van der Waals surface area contributed by atoms with Crippen LogP contribution >= 0.6 is 11.3 Å². The van der Waals surface area contributed by atoms with Gasteiger partial charge in [-0.15, -0.1) is 11.3 Å². The standard InChI is InChI=1S/C14H23NO3S2/c1-3-15(12-7-5-4-6-8-12)20(17,18)14-9-11(2)13(10-16)19-14/h9,12,16H,3-8,10H2,1-2H3. The van der Waals surface area contributed by atoms with Crippen LogP contribution in [0.15, 0.2) is 10.3 Å². The predicted molar refractivity (Wildman–Crippen MR) is 81.4 cm³/mol. The van der Waals surface area contributed by atoms with Gasteiger partial charge >= 0.3 is 0 Å². The van der Waals surface area contributed by atoms with Crippen molar-refractivity contribution in [2.75, 3.05) is 6.54 Å². The zero-order chi connectivity index (χ0) is 14.8. The van der Waals surface area contributed by atoms with Crippen LogP contribution in [0.3, 0.4) is 0 Å². The maximum absolute atomic E-state index is 12.8. The van der Waals surface area contributed by atoms with Gasteiger partial charge in [-0.05, 0) is 31.4 Å². The normalized spacial score (nSPS) is 17.8. The molecule has 0 saturated heterocycles. The summed E-state index contributed by atoms with van der Waals surface area (Å²) in [5, 5.41) is 9.24. The summed E-state index contributed by atoms with van der Waals surface area (Å²) in [6.07, 6.45) is 5.36. The average molecular weight is 317 g/mol. The van der Waals surface area contributed by atoms with Crippen molar-refractivity contribution in [2.45, 2.75) is 62.8 Å². The molecule has 0 unspecified atom stereocenters. The van der Waals surface area contributed by atoms with Crippen LogP contribution in [0, 0.1) is 6.92 Å². The van der Waals surface area contributed by atoms with Gasteiger partial charge in [-0.3, -0.25) is 0 Å². The third-order valence-electron chi connectivity index (χ3n) is 4.00. The van der Waals surface area contributed by atoms with E-state index in [2.05, 4.69) is 0 Å². The summed E-state index contributed by atoms with van der Waals surface area (Å²) in [5.74, 6) is 0. The van der Waals surface area contributed by atoms with E-state index in [0.717, 1.165) is 36.1 Å². The summed E-state index contributed by atoms with van der Waals surface area (Å²) >= 11 is 1.19. The Morgan fingerprint density at radius 2 is 2.00 bits per heavy atom. The first-order valence-corrected chi connectivity index (χ1v) is 9.48. The summed E-state index contributed by atoms with van der Waals surface area (Å²) in [4.78, 5) is 0.739. The van der Waals surface area contributed by atoms with Gasteiger partial charge in [0.05, 0.1) is 6.61 Å². The van der Waals surface area contributed by atoms with Crippen molar-refractivity contribution in [3.8, 4) is 0 Å². The molecule has 0 atom stereocenters. The van der Waals surface area contributed by atoms with Crippen LogP contribution in [0.4, 0.5) is 0 Å². The largest absolute Gasteiger partial charge is 0.391 e. The zero-order valence-corrected chi connectivity index (χ0v) is 13.8. The van der Waals surface area contributed by atoms with Gasteiger partial charge in [0.25, 0.3) is 10.0 Å². The van der Waals surface area contributed by atoms with E-state index in [1.54, 1.807) is 10.4 Å². The molecule has 1 aromatic heterocycles. The lowest BCUT2D eigenvalue weighted by Crippen LogP contribution is -2.40. The monoisotopic (exact) mass is 317 g/mol. The summed E-state index contributed by atoms with van der Waals surface area (Å²) in [6, 6.07) is 1.83. The van der Waals surface area contributed by atoms with E-state index in [1.165, 1.54) is 17.8 Å². The first-order valence-electron chi connectivity index (χ1n) is 7.22. The fraction of sp³-hybridized carbons (Fsp3) is 0.714. The molecule has 2 rings (SSSR count). The molecule has 1 heterocycles. The molecule has 4 nitrogen and oxygen atoms in total. The number of hydrogen-bond acceptors (Lipinski definition) is 4. The molecule has 0 aromatic carbocycles. The van der Waals surface area contributed by atoms with E-state index in [1.807, 2.05) is 13.8 Å². The number of rotatable bonds is 5. The minimum absolute atomic E-state index is 0.0957. The van der Waals surface area contributed by atoms with Crippen LogP contribution < -0.4 is 0 Å². The van der Waals surface area contributed by atoms with Gasteiger partial charge < -0.3 is 5.11 Å². The Labute approximate surface area is 125 Å². The number of nitrogens with zero attached hydrogens (tertiary/aromatic N) is 1.